The van der Waals surface area contributed by atoms with Gasteiger partial charge in [-0.1, -0.05) is 127 Å². The lowest BCUT2D eigenvalue weighted by Gasteiger charge is -2.31. The first kappa shape index (κ1) is 30.5. The van der Waals surface area contributed by atoms with Crippen molar-refractivity contribution in [2.45, 2.75) is 5.41 Å². The van der Waals surface area contributed by atoms with Crippen LogP contribution in [0.15, 0.2) is 211 Å². The molecule has 0 bridgehead atoms. The molecule has 1 unspecified atom stereocenters. The van der Waals surface area contributed by atoms with Crippen LogP contribution < -0.4 is 9.80 Å². The van der Waals surface area contributed by atoms with Crippen molar-refractivity contribution in [3.8, 4) is 22.3 Å². The van der Waals surface area contributed by atoms with Crippen molar-refractivity contribution in [1.82, 2.24) is 0 Å². The van der Waals surface area contributed by atoms with Crippen LogP contribution in [0.3, 0.4) is 0 Å². The monoisotopic (exact) mass is 690 g/mol. The van der Waals surface area contributed by atoms with Crippen molar-refractivity contribution in [1.29, 1.82) is 0 Å². The summed E-state index contributed by atoms with van der Waals surface area (Å²) in [7, 11) is 0. The zero-order chi connectivity index (χ0) is 35.6. The Morgan fingerprint density at radius 1 is 0.333 bits per heavy atom. The number of para-hydroxylation sites is 4. The van der Waals surface area contributed by atoms with Gasteiger partial charge in [0.25, 0.3) is 0 Å². The van der Waals surface area contributed by atoms with Crippen molar-refractivity contribution < 1.29 is 4.42 Å². The van der Waals surface area contributed by atoms with E-state index in [-0.39, 0.29) is 0 Å². The first-order valence-electron chi connectivity index (χ1n) is 18.5. The standard InChI is InChI=1S/C51H34N2O/c1-4-16-35(17-5-1)52(36-18-6-2-7-19-36)38-28-30-39(31-29-38)53(37-20-8-3-9-21-37)40-32-33-42-41-22-10-13-25-45(41)51(47(42)34-40)46-26-14-11-23-43(46)49-44-24-12-15-27-48(44)54-50(49)51/h1-34H. The highest BCUT2D eigenvalue weighted by Crippen LogP contribution is 2.65. The van der Waals surface area contributed by atoms with Crippen LogP contribution in [0.4, 0.5) is 34.1 Å². The Labute approximate surface area is 314 Å². The molecule has 54 heavy (non-hydrogen) atoms. The highest BCUT2D eigenvalue weighted by Gasteiger charge is 2.55. The number of furan rings is 1. The van der Waals surface area contributed by atoms with E-state index in [4.69, 9.17) is 4.42 Å². The van der Waals surface area contributed by atoms with E-state index in [9.17, 15) is 0 Å². The predicted molar refractivity (Wildman–Crippen MR) is 222 cm³/mol. The summed E-state index contributed by atoms with van der Waals surface area (Å²) in [5, 5.41) is 1.16. The molecule has 2 aliphatic carbocycles. The zero-order valence-electron chi connectivity index (χ0n) is 29.4. The molecule has 0 fully saturated rings. The lowest BCUT2D eigenvalue weighted by molar-refractivity contribution is 0.507. The van der Waals surface area contributed by atoms with Gasteiger partial charge in [-0.15, -0.1) is 0 Å². The Hall–Kier alpha value is -7.10. The molecular weight excluding hydrogens is 657 g/mol. The Kier molecular flexibility index (Phi) is 6.77. The second-order valence-corrected chi connectivity index (χ2v) is 14.1. The third-order valence-electron chi connectivity index (χ3n) is 11.2. The maximum absolute atomic E-state index is 7.00. The van der Waals surface area contributed by atoms with Gasteiger partial charge in [-0.05, 0) is 112 Å². The molecule has 8 aromatic carbocycles. The minimum absolute atomic E-state index is 0.592. The minimum atomic E-state index is -0.592. The SMILES string of the molecule is c1ccc(N(c2ccccc2)c2ccc(N(c3ccccc3)c3ccc4c(c3)C3(c5ccccc5-4)c4ccccc4-c4c3oc3ccccc43)cc2)cc1. The summed E-state index contributed by atoms with van der Waals surface area (Å²) in [4.78, 5) is 4.67. The molecule has 0 radical (unpaired) electrons. The van der Waals surface area contributed by atoms with Gasteiger partial charge in [-0.2, -0.15) is 0 Å². The van der Waals surface area contributed by atoms with Crippen molar-refractivity contribution in [2.75, 3.05) is 9.80 Å². The van der Waals surface area contributed by atoms with E-state index in [0.29, 0.717) is 0 Å². The molecule has 3 heteroatoms. The third-order valence-corrected chi connectivity index (χ3v) is 11.2. The molecule has 254 valence electrons. The quantitative estimate of drug-likeness (QED) is 0.173. The molecular formula is C51H34N2O. The van der Waals surface area contributed by atoms with E-state index in [1.807, 2.05) is 0 Å². The van der Waals surface area contributed by atoms with Gasteiger partial charge in [0.15, 0.2) is 0 Å². The van der Waals surface area contributed by atoms with Crippen LogP contribution >= 0.6 is 0 Å². The highest BCUT2D eigenvalue weighted by atomic mass is 16.3. The average molecular weight is 691 g/mol. The average Bonchev–Trinajstić information content (AvgIpc) is 3.86. The summed E-state index contributed by atoms with van der Waals surface area (Å²) in [6.07, 6.45) is 0. The van der Waals surface area contributed by atoms with Crippen LogP contribution in [0.2, 0.25) is 0 Å². The van der Waals surface area contributed by atoms with Gasteiger partial charge in [-0.25, -0.2) is 0 Å². The van der Waals surface area contributed by atoms with E-state index < -0.39 is 5.41 Å². The second kappa shape index (κ2) is 12.0. The maximum atomic E-state index is 7.00. The molecule has 11 rings (SSSR count). The normalized spacial score (nSPS) is 14.7. The number of fused-ring (bicyclic) bond motifs is 12. The first-order chi connectivity index (χ1) is 26.8. The summed E-state index contributed by atoms with van der Waals surface area (Å²) in [6, 6.07) is 74.0. The van der Waals surface area contributed by atoms with Crippen LogP contribution in [-0.2, 0) is 5.41 Å². The van der Waals surface area contributed by atoms with Gasteiger partial charge >= 0.3 is 0 Å². The van der Waals surface area contributed by atoms with Crippen molar-refractivity contribution in [3.05, 3.63) is 229 Å². The van der Waals surface area contributed by atoms with E-state index in [1.165, 1.54) is 38.9 Å². The number of hydrogen-bond acceptors (Lipinski definition) is 3. The van der Waals surface area contributed by atoms with Crippen molar-refractivity contribution in [2.24, 2.45) is 0 Å². The Morgan fingerprint density at radius 3 is 1.37 bits per heavy atom. The first-order valence-corrected chi connectivity index (χ1v) is 18.5. The molecule has 2 aliphatic rings. The molecule has 1 spiro atoms. The Morgan fingerprint density at radius 2 is 0.759 bits per heavy atom. The van der Waals surface area contributed by atoms with Crippen LogP contribution in [0, 0.1) is 0 Å². The molecule has 0 aliphatic heterocycles. The van der Waals surface area contributed by atoms with Gasteiger partial charge in [0, 0.05) is 45.1 Å². The Bertz CT molecular complexity index is 2790. The van der Waals surface area contributed by atoms with Crippen LogP contribution in [0.25, 0.3) is 33.2 Å². The fourth-order valence-corrected chi connectivity index (χ4v) is 9.05. The second-order valence-electron chi connectivity index (χ2n) is 14.1. The molecule has 0 saturated heterocycles. The maximum Gasteiger partial charge on any atom is 0.135 e. The predicted octanol–water partition coefficient (Wildman–Crippen LogP) is 13.7. The molecule has 1 aromatic heterocycles. The summed E-state index contributed by atoms with van der Waals surface area (Å²) in [5.41, 5.74) is 15.6. The van der Waals surface area contributed by atoms with Gasteiger partial charge in [0.05, 0.1) is 0 Å². The van der Waals surface area contributed by atoms with Gasteiger partial charge < -0.3 is 14.2 Å². The van der Waals surface area contributed by atoms with Crippen LogP contribution in [0.1, 0.15) is 22.5 Å². The third kappa shape index (κ3) is 4.36. The van der Waals surface area contributed by atoms with E-state index in [2.05, 4.69) is 216 Å². The summed E-state index contributed by atoms with van der Waals surface area (Å²) in [6.45, 7) is 0. The molecule has 1 heterocycles. The van der Waals surface area contributed by atoms with Gasteiger partial charge in [0.1, 0.15) is 16.8 Å². The number of benzene rings is 8. The topological polar surface area (TPSA) is 19.6 Å². The van der Waals surface area contributed by atoms with Crippen LogP contribution in [0.5, 0.6) is 0 Å². The number of anilines is 6. The molecule has 1 atom stereocenters. The smallest absolute Gasteiger partial charge is 0.135 e. The number of rotatable bonds is 6. The fraction of sp³-hybridized carbons (Fsp3) is 0.0196. The van der Waals surface area contributed by atoms with Crippen LogP contribution in [-0.4, -0.2) is 0 Å². The molecule has 0 saturated carbocycles. The lowest BCUT2D eigenvalue weighted by Crippen LogP contribution is -2.25. The Balaban J connectivity index is 1.11. The molecule has 9 aromatic rings. The summed E-state index contributed by atoms with van der Waals surface area (Å²) >= 11 is 0. The molecule has 3 nitrogen and oxygen atoms in total. The van der Waals surface area contributed by atoms with Crippen molar-refractivity contribution in [3.63, 3.8) is 0 Å². The van der Waals surface area contributed by atoms with E-state index in [0.717, 1.165) is 50.9 Å². The lowest BCUT2D eigenvalue weighted by atomic mass is 9.73. The highest BCUT2D eigenvalue weighted by molar-refractivity contribution is 6.04. The number of hydrogen-bond donors (Lipinski definition) is 0. The van der Waals surface area contributed by atoms with Gasteiger partial charge in [0.2, 0.25) is 0 Å². The summed E-state index contributed by atoms with van der Waals surface area (Å²) in [5.74, 6) is 1.01. The van der Waals surface area contributed by atoms with E-state index >= 15 is 0 Å². The summed E-state index contributed by atoms with van der Waals surface area (Å²) < 4.78 is 7.00. The molecule has 0 N–H and O–H groups in total. The van der Waals surface area contributed by atoms with E-state index in [1.54, 1.807) is 0 Å². The molecule has 0 amide bonds. The number of nitrogens with zero attached hydrogens (tertiary/aromatic N) is 2. The zero-order valence-corrected chi connectivity index (χ0v) is 29.4. The fourth-order valence-electron chi connectivity index (χ4n) is 9.05. The van der Waals surface area contributed by atoms with Gasteiger partial charge in [-0.3, -0.25) is 0 Å². The largest absolute Gasteiger partial charge is 0.459 e. The minimum Gasteiger partial charge on any atom is -0.459 e. The van der Waals surface area contributed by atoms with Crippen molar-refractivity contribution >= 4 is 45.1 Å².